The molecule has 1 aromatic heterocycles. The molecular weight excluding hydrogens is 294 g/mol. The third-order valence-corrected chi connectivity index (χ3v) is 3.92. The highest BCUT2D eigenvalue weighted by molar-refractivity contribution is 7.16. The van der Waals surface area contributed by atoms with Crippen molar-refractivity contribution in [2.24, 2.45) is 0 Å². The van der Waals surface area contributed by atoms with Crippen molar-refractivity contribution in [3.05, 3.63) is 45.6 Å². The summed E-state index contributed by atoms with van der Waals surface area (Å²) in [6, 6.07) is 11.0. The number of hydrogen-bond acceptors (Lipinski definition) is 4. The zero-order chi connectivity index (χ0) is 14.5. The number of carbonyl (C=O) groups excluding carboxylic acids is 1. The number of nitrogen functional groups attached to an aromatic ring is 1. The van der Waals surface area contributed by atoms with Crippen LogP contribution in [0.5, 0.6) is 0 Å². The molecule has 0 aliphatic rings. The Kier molecular flexibility index (Phi) is 5.00. The highest BCUT2D eigenvalue weighted by Gasteiger charge is 2.09. The lowest BCUT2D eigenvalue weighted by molar-refractivity contribution is -0.117. The topological polar surface area (TPSA) is 58.4 Å². The van der Waals surface area contributed by atoms with Crippen molar-refractivity contribution >= 4 is 40.2 Å². The van der Waals surface area contributed by atoms with Gasteiger partial charge in [0, 0.05) is 11.4 Å². The number of benzene rings is 1. The Morgan fingerprint density at radius 1 is 1.35 bits per heavy atom. The van der Waals surface area contributed by atoms with Crippen LogP contribution in [0.1, 0.15) is 4.88 Å². The van der Waals surface area contributed by atoms with Gasteiger partial charge in [-0.3, -0.25) is 9.69 Å². The van der Waals surface area contributed by atoms with E-state index in [1.54, 1.807) is 12.1 Å². The van der Waals surface area contributed by atoms with E-state index in [1.807, 2.05) is 36.2 Å². The normalized spacial score (nSPS) is 10.8. The minimum absolute atomic E-state index is 0.0898. The van der Waals surface area contributed by atoms with Crippen LogP contribution in [-0.4, -0.2) is 24.4 Å². The largest absolute Gasteiger partial charge is 0.397 e. The fourth-order valence-electron chi connectivity index (χ4n) is 1.80. The van der Waals surface area contributed by atoms with Crippen LogP contribution >= 0.6 is 22.9 Å². The molecule has 1 aromatic carbocycles. The number of nitrogens with zero attached hydrogens (tertiary/aromatic N) is 1. The van der Waals surface area contributed by atoms with Crippen molar-refractivity contribution in [3.63, 3.8) is 0 Å². The average molecular weight is 310 g/mol. The lowest BCUT2D eigenvalue weighted by Gasteiger charge is -2.15. The summed E-state index contributed by atoms with van der Waals surface area (Å²) in [7, 11) is 1.89. The predicted octanol–water partition coefficient (Wildman–Crippen LogP) is 3.05. The van der Waals surface area contributed by atoms with Crippen LogP contribution in [0.25, 0.3) is 0 Å². The van der Waals surface area contributed by atoms with E-state index in [0.29, 0.717) is 24.5 Å². The number of nitrogens with one attached hydrogen (secondary N) is 1. The van der Waals surface area contributed by atoms with Gasteiger partial charge in [0.1, 0.15) is 0 Å². The van der Waals surface area contributed by atoms with E-state index >= 15 is 0 Å². The molecule has 20 heavy (non-hydrogen) atoms. The molecule has 0 spiro atoms. The number of rotatable bonds is 5. The van der Waals surface area contributed by atoms with Crippen LogP contribution in [0.4, 0.5) is 11.4 Å². The molecule has 0 radical (unpaired) electrons. The van der Waals surface area contributed by atoms with E-state index in [2.05, 4.69) is 5.32 Å². The summed E-state index contributed by atoms with van der Waals surface area (Å²) in [6.45, 7) is 0.985. The molecule has 106 valence electrons. The van der Waals surface area contributed by atoms with E-state index in [-0.39, 0.29) is 5.91 Å². The molecule has 2 aromatic rings. The lowest BCUT2D eigenvalue weighted by Crippen LogP contribution is -2.29. The first-order chi connectivity index (χ1) is 9.54. The second-order valence-electron chi connectivity index (χ2n) is 4.51. The number of halogens is 1. The van der Waals surface area contributed by atoms with Gasteiger partial charge in [0.25, 0.3) is 0 Å². The van der Waals surface area contributed by atoms with E-state index in [9.17, 15) is 4.79 Å². The third-order valence-electron chi connectivity index (χ3n) is 2.70. The number of para-hydroxylation sites is 2. The number of anilines is 2. The standard InChI is InChI=1S/C14H16ClN3OS/c1-18(8-10-6-7-13(15)20-10)9-14(19)17-12-5-3-2-4-11(12)16/h2-7H,8-9,16H2,1H3,(H,17,19). The minimum Gasteiger partial charge on any atom is -0.397 e. The lowest BCUT2D eigenvalue weighted by atomic mass is 10.2. The molecule has 0 atom stereocenters. The summed E-state index contributed by atoms with van der Waals surface area (Å²) >= 11 is 7.40. The van der Waals surface area contributed by atoms with Crippen LogP contribution in [0.3, 0.4) is 0 Å². The van der Waals surface area contributed by atoms with Crippen molar-refractivity contribution < 1.29 is 4.79 Å². The van der Waals surface area contributed by atoms with E-state index < -0.39 is 0 Å². The molecule has 1 amide bonds. The molecule has 0 saturated carbocycles. The zero-order valence-corrected chi connectivity index (χ0v) is 12.7. The van der Waals surface area contributed by atoms with Crippen molar-refractivity contribution in [1.82, 2.24) is 4.90 Å². The first-order valence-corrected chi connectivity index (χ1v) is 7.31. The molecule has 0 unspecified atom stereocenters. The van der Waals surface area contributed by atoms with Gasteiger partial charge in [-0.15, -0.1) is 11.3 Å². The Bertz CT molecular complexity index is 600. The van der Waals surface area contributed by atoms with Crippen LogP contribution < -0.4 is 11.1 Å². The van der Waals surface area contributed by atoms with Gasteiger partial charge in [0.15, 0.2) is 0 Å². The SMILES string of the molecule is CN(CC(=O)Nc1ccccc1N)Cc1ccc(Cl)s1. The minimum atomic E-state index is -0.0898. The molecule has 1 heterocycles. The summed E-state index contributed by atoms with van der Waals surface area (Å²) in [5, 5.41) is 2.80. The monoisotopic (exact) mass is 309 g/mol. The molecule has 0 saturated heterocycles. The smallest absolute Gasteiger partial charge is 0.238 e. The quantitative estimate of drug-likeness (QED) is 0.835. The molecule has 3 N–H and O–H groups in total. The molecule has 4 nitrogen and oxygen atoms in total. The van der Waals surface area contributed by atoms with Crippen molar-refractivity contribution in [2.75, 3.05) is 24.6 Å². The molecule has 0 aliphatic carbocycles. The van der Waals surface area contributed by atoms with Crippen LogP contribution in [0.15, 0.2) is 36.4 Å². The van der Waals surface area contributed by atoms with Crippen molar-refractivity contribution in [3.8, 4) is 0 Å². The van der Waals surface area contributed by atoms with Gasteiger partial charge in [0.2, 0.25) is 5.91 Å². The maximum Gasteiger partial charge on any atom is 0.238 e. The Balaban J connectivity index is 1.86. The number of amides is 1. The molecule has 6 heteroatoms. The Morgan fingerprint density at radius 3 is 2.75 bits per heavy atom. The number of thiophene rings is 1. The molecule has 0 aliphatic heterocycles. The highest BCUT2D eigenvalue weighted by atomic mass is 35.5. The first-order valence-electron chi connectivity index (χ1n) is 6.11. The fourth-order valence-corrected chi connectivity index (χ4v) is 2.97. The third kappa shape index (κ3) is 4.23. The molecule has 0 bridgehead atoms. The van der Waals surface area contributed by atoms with Crippen LogP contribution in [0.2, 0.25) is 4.34 Å². The number of carbonyl (C=O) groups is 1. The van der Waals surface area contributed by atoms with E-state index in [4.69, 9.17) is 17.3 Å². The molecule has 0 fully saturated rings. The van der Waals surface area contributed by atoms with E-state index in [0.717, 1.165) is 9.21 Å². The predicted molar refractivity (Wildman–Crippen MR) is 85.1 cm³/mol. The van der Waals surface area contributed by atoms with Gasteiger partial charge in [-0.05, 0) is 31.3 Å². The second-order valence-corrected chi connectivity index (χ2v) is 6.31. The summed E-state index contributed by atoms with van der Waals surface area (Å²) in [5.74, 6) is -0.0898. The van der Waals surface area contributed by atoms with Gasteiger partial charge in [-0.2, -0.15) is 0 Å². The van der Waals surface area contributed by atoms with Crippen molar-refractivity contribution in [1.29, 1.82) is 0 Å². The second kappa shape index (κ2) is 6.74. The maximum atomic E-state index is 11.9. The Hall–Kier alpha value is -1.56. The van der Waals surface area contributed by atoms with Gasteiger partial charge >= 0.3 is 0 Å². The number of hydrogen-bond donors (Lipinski definition) is 2. The summed E-state index contributed by atoms with van der Waals surface area (Å²) < 4.78 is 0.759. The van der Waals surface area contributed by atoms with Crippen LogP contribution in [-0.2, 0) is 11.3 Å². The molecular formula is C14H16ClN3OS. The van der Waals surface area contributed by atoms with Gasteiger partial charge in [0.05, 0.1) is 22.3 Å². The Labute approximate surface area is 127 Å². The zero-order valence-electron chi connectivity index (χ0n) is 11.1. The number of likely N-dealkylation sites (N-methyl/N-ethyl adjacent to an activating group) is 1. The van der Waals surface area contributed by atoms with E-state index in [1.165, 1.54) is 11.3 Å². The molecule has 2 rings (SSSR count). The highest BCUT2D eigenvalue weighted by Crippen LogP contribution is 2.22. The maximum absolute atomic E-state index is 11.9. The van der Waals surface area contributed by atoms with Gasteiger partial charge in [-0.1, -0.05) is 23.7 Å². The van der Waals surface area contributed by atoms with Crippen LogP contribution in [0, 0.1) is 0 Å². The average Bonchev–Trinajstić information content (AvgIpc) is 2.77. The first kappa shape index (κ1) is 14.8. The van der Waals surface area contributed by atoms with Crippen molar-refractivity contribution in [2.45, 2.75) is 6.54 Å². The Morgan fingerprint density at radius 2 is 2.10 bits per heavy atom. The van der Waals surface area contributed by atoms with Gasteiger partial charge < -0.3 is 11.1 Å². The number of nitrogens with two attached hydrogens (primary N) is 1. The summed E-state index contributed by atoms with van der Waals surface area (Å²) in [6.07, 6.45) is 0. The summed E-state index contributed by atoms with van der Waals surface area (Å²) in [4.78, 5) is 15.0. The summed E-state index contributed by atoms with van der Waals surface area (Å²) in [5.41, 5.74) is 6.99. The fraction of sp³-hybridized carbons (Fsp3) is 0.214. The van der Waals surface area contributed by atoms with Gasteiger partial charge in [-0.25, -0.2) is 0 Å².